The molecular weight excluding hydrogens is 961 g/mol. The molecule has 0 aromatic carbocycles. The molecule has 1 unspecified atom stereocenters. The minimum atomic E-state index is -0.781. The van der Waals surface area contributed by atoms with Crippen molar-refractivity contribution in [1.29, 1.82) is 0 Å². The maximum absolute atomic E-state index is 12.9. The summed E-state index contributed by atoms with van der Waals surface area (Å²) < 4.78 is 17.0. The smallest absolute Gasteiger partial charge is 0.306 e. The molecule has 6 nitrogen and oxygen atoms in total. The minimum absolute atomic E-state index is 0.0771. The summed E-state index contributed by atoms with van der Waals surface area (Å²) in [6.07, 6.45) is 86.3. The highest BCUT2D eigenvalue weighted by atomic mass is 16.6. The van der Waals surface area contributed by atoms with Crippen LogP contribution in [0.2, 0.25) is 0 Å². The summed E-state index contributed by atoms with van der Waals surface area (Å²) in [5.41, 5.74) is 0. The molecule has 0 aromatic rings. The van der Waals surface area contributed by atoms with Crippen LogP contribution in [0.1, 0.15) is 348 Å². The summed E-state index contributed by atoms with van der Waals surface area (Å²) in [6, 6.07) is 0. The Bertz CT molecular complexity index is 1440. The lowest BCUT2D eigenvalue weighted by Crippen LogP contribution is -2.30. The summed E-state index contributed by atoms with van der Waals surface area (Å²) in [7, 11) is 0. The number of allylic oxidation sites excluding steroid dienone is 12. The van der Waals surface area contributed by atoms with Crippen molar-refractivity contribution in [2.45, 2.75) is 354 Å². The third kappa shape index (κ3) is 63.7. The van der Waals surface area contributed by atoms with Gasteiger partial charge in [-0.15, -0.1) is 0 Å². The number of carbonyl (C=O) groups excluding carboxylic acids is 3. The van der Waals surface area contributed by atoms with E-state index < -0.39 is 6.10 Å². The molecule has 0 rings (SSSR count). The Morgan fingerprint density at radius 1 is 0.269 bits per heavy atom. The van der Waals surface area contributed by atoms with E-state index in [4.69, 9.17) is 14.2 Å². The molecule has 1 atom stereocenters. The lowest BCUT2D eigenvalue weighted by molar-refractivity contribution is -0.167. The third-order valence-electron chi connectivity index (χ3n) is 14.9. The summed E-state index contributed by atoms with van der Waals surface area (Å²) in [6.45, 7) is 6.56. The van der Waals surface area contributed by atoms with Gasteiger partial charge in [-0.3, -0.25) is 14.4 Å². The molecule has 0 aliphatic carbocycles. The van der Waals surface area contributed by atoms with Gasteiger partial charge in [-0.2, -0.15) is 0 Å². The fraction of sp³-hybridized carbons (Fsp3) is 0.792. The number of rotatable bonds is 62. The van der Waals surface area contributed by atoms with Gasteiger partial charge in [0.2, 0.25) is 0 Å². The maximum atomic E-state index is 12.9. The van der Waals surface area contributed by atoms with Crippen molar-refractivity contribution in [3.05, 3.63) is 72.9 Å². The van der Waals surface area contributed by atoms with Crippen molar-refractivity contribution in [1.82, 2.24) is 0 Å². The first kappa shape index (κ1) is 74.8. The van der Waals surface area contributed by atoms with Crippen LogP contribution in [0.3, 0.4) is 0 Å². The molecule has 0 amide bonds. The molecule has 0 heterocycles. The summed E-state index contributed by atoms with van der Waals surface area (Å²) >= 11 is 0. The highest BCUT2D eigenvalue weighted by molar-refractivity contribution is 5.71. The first-order chi connectivity index (χ1) is 38.5. The summed E-state index contributed by atoms with van der Waals surface area (Å²) in [4.78, 5) is 38.4. The number of hydrogen-bond donors (Lipinski definition) is 0. The highest BCUT2D eigenvalue weighted by Gasteiger charge is 2.19. The van der Waals surface area contributed by atoms with Crippen molar-refractivity contribution in [3.8, 4) is 0 Å². The van der Waals surface area contributed by atoms with E-state index in [1.165, 1.54) is 218 Å². The molecule has 78 heavy (non-hydrogen) atoms. The van der Waals surface area contributed by atoms with Crippen LogP contribution >= 0.6 is 0 Å². The van der Waals surface area contributed by atoms with E-state index in [-0.39, 0.29) is 31.1 Å². The predicted molar refractivity (Wildman–Crippen MR) is 339 cm³/mol. The normalized spacial score (nSPS) is 12.5. The van der Waals surface area contributed by atoms with Gasteiger partial charge in [-0.05, 0) is 109 Å². The second kappa shape index (κ2) is 66.4. The maximum Gasteiger partial charge on any atom is 0.306 e. The first-order valence-corrected chi connectivity index (χ1v) is 33.9. The number of ether oxygens (including phenoxy) is 3. The van der Waals surface area contributed by atoms with E-state index in [1.54, 1.807) is 0 Å². The second-order valence-electron chi connectivity index (χ2n) is 22.7. The quantitative estimate of drug-likeness (QED) is 0.0261. The molecule has 0 N–H and O–H groups in total. The van der Waals surface area contributed by atoms with Crippen LogP contribution in [0.25, 0.3) is 0 Å². The second-order valence-corrected chi connectivity index (χ2v) is 22.7. The molecule has 0 spiro atoms. The van der Waals surface area contributed by atoms with E-state index in [9.17, 15) is 14.4 Å². The Kier molecular flexibility index (Phi) is 63.7. The number of esters is 3. The number of carbonyl (C=O) groups is 3. The Morgan fingerprint density at radius 2 is 0.500 bits per heavy atom. The molecule has 0 aliphatic rings. The molecule has 0 saturated carbocycles. The number of hydrogen-bond acceptors (Lipinski definition) is 6. The molecule has 0 bridgehead atoms. The van der Waals surface area contributed by atoms with Crippen molar-refractivity contribution in [3.63, 3.8) is 0 Å². The minimum Gasteiger partial charge on any atom is -0.462 e. The van der Waals surface area contributed by atoms with Crippen molar-refractivity contribution in [2.75, 3.05) is 13.2 Å². The van der Waals surface area contributed by atoms with Gasteiger partial charge in [0.15, 0.2) is 6.10 Å². The van der Waals surface area contributed by atoms with E-state index in [0.29, 0.717) is 19.3 Å². The van der Waals surface area contributed by atoms with Gasteiger partial charge in [0.25, 0.3) is 0 Å². The van der Waals surface area contributed by atoms with Gasteiger partial charge in [0, 0.05) is 19.3 Å². The lowest BCUT2D eigenvalue weighted by atomic mass is 10.0. The Morgan fingerprint density at radius 3 is 0.795 bits per heavy atom. The van der Waals surface area contributed by atoms with Crippen molar-refractivity contribution >= 4 is 17.9 Å². The fourth-order valence-corrected chi connectivity index (χ4v) is 9.84. The topological polar surface area (TPSA) is 78.9 Å². The third-order valence-corrected chi connectivity index (χ3v) is 14.9. The van der Waals surface area contributed by atoms with Crippen LogP contribution < -0.4 is 0 Å². The largest absolute Gasteiger partial charge is 0.462 e. The van der Waals surface area contributed by atoms with Crippen LogP contribution in [-0.2, 0) is 28.6 Å². The van der Waals surface area contributed by atoms with E-state index in [2.05, 4.69) is 93.7 Å². The zero-order chi connectivity index (χ0) is 56.4. The van der Waals surface area contributed by atoms with Crippen LogP contribution in [-0.4, -0.2) is 37.2 Å². The highest BCUT2D eigenvalue weighted by Crippen LogP contribution is 2.17. The van der Waals surface area contributed by atoms with Gasteiger partial charge >= 0.3 is 17.9 Å². The first-order valence-electron chi connectivity index (χ1n) is 33.9. The molecule has 0 fully saturated rings. The molecule has 0 saturated heterocycles. The van der Waals surface area contributed by atoms with Crippen LogP contribution in [0.4, 0.5) is 0 Å². The monoisotopic (exact) mass is 1090 g/mol. The zero-order valence-corrected chi connectivity index (χ0v) is 51.9. The molecular formula is C72H128O6. The average Bonchev–Trinajstić information content (AvgIpc) is 3.44. The van der Waals surface area contributed by atoms with Crippen molar-refractivity contribution in [2.24, 2.45) is 0 Å². The Labute approximate surface area is 484 Å². The van der Waals surface area contributed by atoms with Gasteiger partial charge in [-0.25, -0.2) is 0 Å². The van der Waals surface area contributed by atoms with Crippen LogP contribution in [0, 0.1) is 0 Å². The molecule has 0 aliphatic heterocycles. The van der Waals surface area contributed by atoms with Crippen molar-refractivity contribution < 1.29 is 28.6 Å². The standard InChI is InChI=1S/C72H128O6/c1-4-7-10-13-16-19-22-25-28-31-32-33-34-35-36-37-38-39-40-42-44-47-50-53-56-59-62-65-71(74)77-68-69(67-76-70(73)64-61-58-55-52-49-46-43-30-27-24-21-18-15-12-9-6-3)78-72(75)66-63-60-57-54-51-48-45-41-29-26-23-20-17-14-11-8-5-2/h7,10,16,19,25-26,28-30,32-33,43,69H,4-6,8-9,11-15,17-18,20-24,27,31,34-42,44-68H2,1-3H3/b10-7-,19-16-,28-25-,29-26-,33-32-,43-30-. The van der Waals surface area contributed by atoms with Gasteiger partial charge in [0.05, 0.1) is 0 Å². The predicted octanol–water partition coefficient (Wildman–Crippen LogP) is 23.3. The van der Waals surface area contributed by atoms with Gasteiger partial charge in [-0.1, -0.05) is 293 Å². The Hall–Kier alpha value is -3.15. The lowest BCUT2D eigenvalue weighted by Gasteiger charge is -2.18. The summed E-state index contributed by atoms with van der Waals surface area (Å²) in [5.74, 6) is -0.872. The molecule has 0 radical (unpaired) electrons. The zero-order valence-electron chi connectivity index (χ0n) is 51.9. The number of unbranched alkanes of at least 4 members (excludes halogenated alkanes) is 39. The Balaban J connectivity index is 4.29. The fourth-order valence-electron chi connectivity index (χ4n) is 9.84. The van der Waals surface area contributed by atoms with E-state index in [1.807, 2.05) is 0 Å². The molecule has 452 valence electrons. The molecule has 6 heteroatoms. The SMILES string of the molecule is CC/C=C\C/C=C\C/C=C\C/C=C\CCCCCCCCCCCCCCCCC(=O)OCC(COC(=O)CCCCCCC/C=C\CCCCCCCCC)OC(=O)CCCCCCCCC/C=C\CCCCCCCC. The van der Waals surface area contributed by atoms with E-state index >= 15 is 0 Å². The van der Waals surface area contributed by atoms with Gasteiger partial charge in [0.1, 0.15) is 13.2 Å². The van der Waals surface area contributed by atoms with E-state index in [0.717, 1.165) is 89.9 Å². The van der Waals surface area contributed by atoms with Gasteiger partial charge < -0.3 is 14.2 Å². The summed E-state index contributed by atoms with van der Waals surface area (Å²) in [5, 5.41) is 0. The average molecular weight is 1090 g/mol. The van der Waals surface area contributed by atoms with Crippen LogP contribution in [0.15, 0.2) is 72.9 Å². The van der Waals surface area contributed by atoms with Crippen LogP contribution in [0.5, 0.6) is 0 Å². The molecule has 0 aromatic heterocycles.